The molecule has 0 unspecified atom stereocenters. The molecule has 0 bridgehead atoms. The van der Waals surface area contributed by atoms with Crippen LogP contribution in [0.1, 0.15) is 28.0 Å². The van der Waals surface area contributed by atoms with Crippen molar-refractivity contribution in [3.63, 3.8) is 0 Å². The van der Waals surface area contributed by atoms with E-state index in [4.69, 9.17) is 20.3 Å². The van der Waals surface area contributed by atoms with Crippen molar-refractivity contribution < 1.29 is 41.9 Å². The van der Waals surface area contributed by atoms with Crippen LogP contribution in [0.4, 0.5) is 8.78 Å². The van der Waals surface area contributed by atoms with Crippen molar-refractivity contribution in [1.29, 1.82) is 10.8 Å². The number of rotatable bonds is 7. The summed E-state index contributed by atoms with van der Waals surface area (Å²) in [6.07, 6.45) is 0.849. The van der Waals surface area contributed by atoms with Gasteiger partial charge in [0, 0.05) is 42.3 Å². The van der Waals surface area contributed by atoms with E-state index in [1.807, 2.05) is 0 Å². The molecule has 3 aromatic rings. The third kappa shape index (κ3) is 7.33. The third-order valence-corrected chi connectivity index (χ3v) is 5.41. The first-order valence-corrected chi connectivity index (χ1v) is 11.1. The number of aryl methyl sites for hydroxylation is 1. The second kappa shape index (κ2) is 13.3. The molecule has 0 radical (unpaired) electrons. The molecule has 37 heavy (non-hydrogen) atoms. The first kappa shape index (κ1) is 29.9. The van der Waals surface area contributed by atoms with E-state index < -0.39 is 23.2 Å². The van der Waals surface area contributed by atoms with Crippen LogP contribution in [0, 0.1) is 17.7 Å². The van der Waals surface area contributed by atoms with Crippen LogP contribution in [0.2, 0.25) is 0 Å². The molecular weight excluding hydrogens is 501 g/mol. The number of hydrogen-bond acceptors (Lipinski definition) is 9. The summed E-state index contributed by atoms with van der Waals surface area (Å²) in [6.45, 7) is 1.69. The van der Waals surface area contributed by atoms with E-state index in [2.05, 4.69) is 15.3 Å². The molecule has 10 nitrogen and oxygen atoms in total. The Labute approximate surface area is 227 Å². The fourth-order valence-electron chi connectivity index (χ4n) is 3.14. The number of halogens is 2. The van der Waals surface area contributed by atoms with Gasteiger partial charge in [-0.25, -0.2) is 13.8 Å². The number of aromatic nitrogens is 3. The predicted molar refractivity (Wildman–Crippen MR) is 132 cm³/mol. The Balaban J connectivity index is 0.00000481. The smallest absolute Gasteiger partial charge is 0.494 e. The van der Waals surface area contributed by atoms with Gasteiger partial charge in [-0.1, -0.05) is 11.8 Å². The van der Waals surface area contributed by atoms with Crippen LogP contribution < -0.4 is 29.2 Å². The standard InChI is InChI=1S/C23H22F2N6O4S.Li/c1-12-4-5-31(20(32)6-12)19-8-13(14-7-16(21(24)25)28-10-17(14)35-3)15(9-29-19)22(33)30-23(27)36-18(26)11-34-2;/h4-10,21,26H,11H2,1-3H3,(H2,27,30,33);/q;+1/p-1. The number of hydrogen-bond donors (Lipinski definition) is 2. The molecule has 0 saturated carbocycles. The maximum Gasteiger partial charge on any atom is 1.00 e. The monoisotopic (exact) mass is 522 g/mol. The molecule has 0 fully saturated rings. The molecule has 0 aliphatic carbocycles. The van der Waals surface area contributed by atoms with Gasteiger partial charge in [0.05, 0.1) is 25.0 Å². The number of alkyl halides is 2. The van der Waals surface area contributed by atoms with E-state index in [-0.39, 0.29) is 64.3 Å². The minimum Gasteiger partial charge on any atom is -0.494 e. The Bertz CT molecular complexity index is 1390. The van der Waals surface area contributed by atoms with Gasteiger partial charge in [-0.15, -0.1) is 0 Å². The largest absolute Gasteiger partial charge is 1.00 e. The molecule has 3 rings (SSSR count). The van der Waals surface area contributed by atoms with Crippen LogP contribution in [0.3, 0.4) is 0 Å². The zero-order valence-electron chi connectivity index (χ0n) is 20.4. The van der Waals surface area contributed by atoms with Crippen molar-refractivity contribution in [2.45, 2.75) is 13.3 Å². The number of ether oxygens (including phenoxy) is 2. The van der Waals surface area contributed by atoms with Gasteiger partial charge in [-0.3, -0.25) is 24.5 Å². The van der Waals surface area contributed by atoms with Gasteiger partial charge in [-0.2, -0.15) is 0 Å². The van der Waals surface area contributed by atoms with Crippen molar-refractivity contribution in [3.8, 4) is 22.7 Å². The molecule has 2 N–H and O–H groups in total. The molecule has 0 aliphatic heterocycles. The van der Waals surface area contributed by atoms with Crippen LogP contribution in [0.5, 0.6) is 5.75 Å². The minimum atomic E-state index is -2.89. The zero-order valence-corrected chi connectivity index (χ0v) is 21.2. The maximum atomic E-state index is 13.4. The van der Waals surface area contributed by atoms with E-state index in [1.165, 1.54) is 37.1 Å². The third-order valence-electron chi connectivity index (χ3n) is 4.76. The Kier molecular flexibility index (Phi) is 10.7. The van der Waals surface area contributed by atoms with Crippen molar-refractivity contribution in [1.82, 2.24) is 14.5 Å². The number of methoxy groups -OCH3 is 2. The number of amides is 1. The fourth-order valence-corrected chi connectivity index (χ4v) is 3.68. The molecule has 3 aromatic heterocycles. The number of carbonyl (C=O) groups is 1. The number of pyridine rings is 3. The second-order valence-corrected chi connectivity index (χ2v) is 8.37. The van der Waals surface area contributed by atoms with Crippen molar-refractivity contribution in [2.24, 2.45) is 0 Å². The number of carbonyl (C=O) groups excluding carboxylic acids is 1. The number of amidine groups is 1. The molecule has 188 valence electrons. The molecular formula is C23H21F2LiN6O4S. The predicted octanol–water partition coefficient (Wildman–Crippen LogP) is 1.36. The van der Waals surface area contributed by atoms with Crippen LogP contribution in [-0.2, 0) is 4.74 Å². The van der Waals surface area contributed by atoms with E-state index in [1.54, 1.807) is 13.0 Å². The number of nitrogens with zero attached hydrogens (tertiary/aromatic N) is 4. The Hall–Kier alpha value is -3.37. The van der Waals surface area contributed by atoms with Crippen LogP contribution in [0.25, 0.3) is 22.3 Å². The van der Waals surface area contributed by atoms with E-state index in [0.717, 1.165) is 24.0 Å². The minimum absolute atomic E-state index is 0. The Morgan fingerprint density at radius 1 is 1.16 bits per heavy atom. The van der Waals surface area contributed by atoms with Crippen molar-refractivity contribution in [3.05, 3.63) is 75.3 Å². The van der Waals surface area contributed by atoms with Crippen LogP contribution in [-0.4, -0.2) is 51.5 Å². The van der Waals surface area contributed by atoms with Gasteiger partial charge in [0.15, 0.2) is 5.91 Å². The van der Waals surface area contributed by atoms with E-state index in [9.17, 15) is 18.4 Å². The van der Waals surface area contributed by atoms with Crippen molar-refractivity contribution in [2.75, 3.05) is 20.8 Å². The second-order valence-electron chi connectivity index (χ2n) is 7.29. The van der Waals surface area contributed by atoms with Gasteiger partial charge in [-0.05, 0) is 35.9 Å². The molecule has 0 aromatic carbocycles. The van der Waals surface area contributed by atoms with Gasteiger partial charge in [0.2, 0.25) is 0 Å². The van der Waals surface area contributed by atoms with Crippen molar-refractivity contribution >= 4 is 27.9 Å². The fraction of sp³-hybridized carbons (Fsp3) is 0.217. The van der Waals surface area contributed by atoms with Gasteiger partial charge in [0.25, 0.3) is 12.0 Å². The number of nitrogens with one attached hydrogen (secondary N) is 2. The van der Waals surface area contributed by atoms with E-state index in [0.29, 0.717) is 11.8 Å². The topological polar surface area (TPSA) is 145 Å². The summed E-state index contributed by atoms with van der Waals surface area (Å²) >= 11 is 0.621. The molecule has 0 atom stereocenters. The van der Waals surface area contributed by atoms with Crippen LogP contribution in [0.15, 0.2) is 47.7 Å². The average molecular weight is 522 g/mol. The number of thioether (sulfide) groups is 1. The van der Waals surface area contributed by atoms with Gasteiger partial charge < -0.3 is 20.2 Å². The molecule has 14 heteroatoms. The first-order chi connectivity index (χ1) is 17.1. The average Bonchev–Trinajstić information content (AvgIpc) is 2.83. The summed E-state index contributed by atoms with van der Waals surface area (Å²) in [5.41, 5.74) is -0.157. The SMILES string of the molecule is COCC(=N)SC(=N)[N-]C(=O)c1cnc(-n2ccc(C)cc2=O)cc1-c1cc(C(F)F)ncc1OC.[Li+]. The maximum absolute atomic E-state index is 13.4. The molecule has 0 saturated heterocycles. The van der Waals surface area contributed by atoms with Crippen LogP contribution >= 0.6 is 11.8 Å². The Morgan fingerprint density at radius 2 is 1.89 bits per heavy atom. The summed E-state index contributed by atoms with van der Waals surface area (Å²) in [7, 11) is 2.70. The summed E-state index contributed by atoms with van der Waals surface area (Å²) in [6, 6.07) is 5.53. The normalized spacial score (nSPS) is 10.5. The van der Waals surface area contributed by atoms with E-state index >= 15 is 0 Å². The Morgan fingerprint density at radius 3 is 2.51 bits per heavy atom. The summed E-state index contributed by atoms with van der Waals surface area (Å²) in [5, 5.41) is 18.8. The zero-order chi connectivity index (χ0) is 26.4. The summed E-state index contributed by atoms with van der Waals surface area (Å²) in [5.74, 6) is -0.691. The first-order valence-electron chi connectivity index (χ1n) is 10.3. The molecule has 0 aliphatic rings. The molecule has 3 heterocycles. The summed E-state index contributed by atoms with van der Waals surface area (Å²) in [4.78, 5) is 33.4. The molecule has 0 spiro atoms. The van der Waals surface area contributed by atoms with Gasteiger partial charge in [0.1, 0.15) is 17.3 Å². The summed E-state index contributed by atoms with van der Waals surface area (Å²) < 4.78 is 38.2. The molecule has 1 amide bonds. The van der Waals surface area contributed by atoms with Gasteiger partial charge >= 0.3 is 18.9 Å². The quantitative estimate of drug-likeness (QED) is 0.271.